The van der Waals surface area contributed by atoms with Crippen LogP contribution in [0.3, 0.4) is 0 Å². The van der Waals surface area contributed by atoms with Crippen molar-refractivity contribution in [2.45, 2.75) is 82.5 Å². The summed E-state index contributed by atoms with van der Waals surface area (Å²) in [6, 6.07) is 0.321. The summed E-state index contributed by atoms with van der Waals surface area (Å²) in [5.74, 6) is 0.335. The van der Waals surface area contributed by atoms with Gasteiger partial charge in [-0.05, 0) is 55.6 Å². The number of carbonyl (C=O) groups excluding carboxylic acids is 1. The van der Waals surface area contributed by atoms with Gasteiger partial charge in [-0.3, -0.25) is 19.6 Å². The summed E-state index contributed by atoms with van der Waals surface area (Å²) in [6.45, 7) is 11.7. The monoisotopic (exact) mass is 547 g/mol. The summed E-state index contributed by atoms with van der Waals surface area (Å²) in [7, 11) is 0. The van der Waals surface area contributed by atoms with Gasteiger partial charge in [0, 0.05) is 45.0 Å². The normalized spacial score (nSPS) is 38.6. The highest BCUT2D eigenvalue weighted by Gasteiger charge is 2.47. The first-order valence-corrected chi connectivity index (χ1v) is 15.2. The molecule has 5 aliphatic rings. The fourth-order valence-corrected chi connectivity index (χ4v) is 7.44. The molecule has 0 aromatic carbocycles. The zero-order chi connectivity index (χ0) is 27.6. The van der Waals surface area contributed by atoms with Gasteiger partial charge in [0.05, 0.1) is 43.4 Å². The van der Waals surface area contributed by atoms with Crippen LogP contribution in [0.25, 0.3) is 0 Å². The van der Waals surface area contributed by atoms with Crippen LogP contribution in [0, 0.1) is 23.2 Å². The van der Waals surface area contributed by atoms with E-state index in [9.17, 15) is 9.18 Å². The number of nitrogens with two attached hydrogens (primary N) is 2. The van der Waals surface area contributed by atoms with Crippen molar-refractivity contribution in [2.24, 2.45) is 39.6 Å². The van der Waals surface area contributed by atoms with E-state index in [1.165, 1.54) is 19.1 Å². The van der Waals surface area contributed by atoms with Gasteiger partial charge in [0.25, 0.3) is 0 Å². The van der Waals surface area contributed by atoms with Crippen molar-refractivity contribution >= 4 is 12.1 Å². The van der Waals surface area contributed by atoms with E-state index >= 15 is 0 Å². The number of carbonyl (C=O) groups is 1. The first-order valence-electron chi connectivity index (χ1n) is 15.2. The predicted octanol–water partition coefficient (Wildman–Crippen LogP) is 0.889. The van der Waals surface area contributed by atoms with Gasteiger partial charge in [-0.2, -0.15) is 0 Å². The number of rotatable bonds is 9. The smallest absolute Gasteiger partial charge is 0.228 e. The Kier molecular flexibility index (Phi) is 9.40. The molecule has 5 rings (SSSR count). The number of piperazine rings is 1. The molecule has 1 amide bonds. The quantitative estimate of drug-likeness (QED) is 0.250. The van der Waals surface area contributed by atoms with E-state index in [-0.39, 0.29) is 23.4 Å². The van der Waals surface area contributed by atoms with E-state index in [4.69, 9.17) is 16.2 Å². The first kappa shape index (κ1) is 29.1. The summed E-state index contributed by atoms with van der Waals surface area (Å²) in [4.78, 5) is 23.7. The summed E-state index contributed by atoms with van der Waals surface area (Å²) in [5.41, 5.74) is 12.3. The first-order chi connectivity index (χ1) is 18.8. The predicted molar refractivity (Wildman–Crippen MR) is 152 cm³/mol. The number of amides is 1. The van der Waals surface area contributed by atoms with Crippen LogP contribution >= 0.6 is 0 Å². The molecule has 3 saturated heterocycles. The number of ether oxygens (including phenoxy) is 1. The molecule has 39 heavy (non-hydrogen) atoms. The standard InChI is InChI=1S/C29H50FN7O2/c1-3-7-29(2)8-6-20(30)14-34-23(13-29)25(27(31)32)28(38)35-24-16-33-15-22(19-4-5-19)26(24)37-11-9-36(10-12-37)21-17-39-18-21/h6,8,14,19-27,33H,3-5,7,9-13,15-18,31-32H2,1-2H3,(H,35,38)/b8-6-,34-14?. The van der Waals surface area contributed by atoms with Gasteiger partial charge in [-0.1, -0.05) is 26.3 Å². The highest BCUT2D eigenvalue weighted by Crippen LogP contribution is 2.42. The zero-order valence-electron chi connectivity index (χ0n) is 23.8. The van der Waals surface area contributed by atoms with Crippen molar-refractivity contribution in [3.8, 4) is 0 Å². The second kappa shape index (κ2) is 12.6. The van der Waals surface area contributed by atoms with Crippen LogP contribution in [-0.2, 0) is 9.53 Å². The molecule has 220 valence electrons. The molecule has 0 bridgehead atoms. The van der Waals surface area contributed by atoms with Crippen molar-refractivity contribution in [2.75, 3.05) is 52.5 Å². The summed E-state index contributed by atoms with van der Waals surface area (Å²) >= 11 is 0. The minimum atomic E-state index is -1.28. The molecule has 0 aromatic heterocycles. The summed E-state index contributed by atoms with van der Waals surface area (Å²) < 4.78 is 19.9. The molecule has 7 atom stereocenters. The molecule has 6 N–H and O–H groups in total. The maximum Gasteiger partial charge on any atom is 0.228 e. The Labute approximate surface area is 233 Å². The van der Waals surface area contributed by atoms with Crippen LogP contribution in [-0.4, -0.2) is 111 Å². The van der Waals surface area contributed by atoms with Crippen LogP contribution in [0.5, 0.6) is 0 Å². The third kappa shape index (κ3) is 6.90. The highest BCUT2D eigenvalue weighted by atomic mass is 19.1. The third-order valence-corrected chi connectivity index (χ3v) is 9.79. The fraction of sp³-hybridized carbons (Fsp3) is 0.862. The number of allylic oxidation sites excluding steroid dienone is 2. The maximum atomic E-state index is 14.5. The summed E-state index contributed by atoms with van der Waals surface area (Å²) in [5, 5.41) is 7.01. The van der Waals surface area contributed by atoms with Gasteiger partial charge in [0.1, 0.15) is 0 Å². The molecular weight excluding hydrogens is 497 g/mol. The maximum absolute atomic E-state index is 14.5. The highest BCUT2D eigenvalue weighted by molar-refractivity contribution is 5.81. The molecule has 0 radical (unpaired) electrons. The van der Waals surface area contributed by atoms with E-state index in [0.717, 1.165) is 65.3 Å². The third-order valence-electron chi connectivity index (χ3n) is 9.79. The lowest BCUT2D eigenvalue weighted by Crippen LogP contribution is -2.68. The van der Waals surface area contributed by atoms with Crippen molar-refractivity contribution in [1.82, 2.24) is 20.4 Å². The van der Waals surface area contributed by atoms with Gasteiger partial charge in [-0.15, -0.1) is 0 Å². The van der Waals surface area contributed by atoms with Gasteiger partial charge in [0.15, 0.2) is 6.17 Å². The number of aliphatic imine (C=N–C) groups is 1. The van der Waals surface area contributed by atoms with E-state index in [0.29, 0.717) is 24.3 Å². The van der Waals surface area contributed by atoms with E-state index in [1.807, 2.05) is 6.08 Å². The molecule has 4 aliphatic heterocycles. The van der Waals surface area contributed by atoms with Crippen LogP contribution in [0.2, 0.25) is 0 Å². The molecule has 9 nitrogen and oxygen atoms in total. The minimum absolute atomic E-state index is 0.0370. The van der Waals surface area contributed by atoms with E-state index in [1.54, 1.807) is 6.08 Å². The van der Waals surface area contributed by atoms with E-state index < -0.39 is 24.3 Å². The van der Waals surface area contributed by atoms with Crippen LogP contribution in [0.1, 0.15) is 46.0 Å². The topological polar surface area (TPSA) is 121 Å². The summed E-state index contributed by atoms with van der Waals surface area (Å²) in [6.07, 6.45) is 7.64. The average molecular weight is 548 g/mol. The Balaban J connectivity index is 1.31. The number of hydrogen-bond acceptors (Lipinski definition) is 8. The van der Waals surface area contributed by atoms with Crippen molar-refractivity contribution in [1.29, 1.82) is 0 Å². The largest absolute Gasteiger partial charge is 0.378 e. The number of piperidine rings is 1. The number of alkyl halides is 1. The Hall–Kier alpha value is -1.43. The molecule has 10 heteroatoms. The Morgan fingerprint density at radius 1 is 1.21 bits per heavy atom. The molecule has 1 aliphatic carbocycles. The molecule has 0 spiro atoms. The Morgan fingerprint density at radius 3 is 2.54 bits per heavy atom. The fourth-order valence-electron chi connectivity index (χ4n) is 7.44. The zero-order valence-corrected chi connectivity index (χ0v) is 23.8. The van der Waals surface area contributed by atoms with Gasteiger partial charge >= 0.3 is 0 Å². The van der Waals surface area contributed by atoms with Gasteiger partial charge < -0.3 is 26.8 Å². The van der Waals surface area contributed by atoms with Gasteiger partial charge in [-0.25, -0.2) is 4.39 Å². The van der Waals surface area contributed by atoms with Crippen LogP contribution < -0.4 is 22.1 Å². The average Bonchev–Trinajstić information content (AvgIpc) is 3.70. The van der Waals surface area contributed by atoms with Crippen molar-refractivity contribution in [3.05, 3.63) is 12.2 Å². The number of hydrogen-bond donors (Lipinski definition) is 4. The number of nitrogens with one attached hydrogen (secondary N) is 2. The molecule has 4 heterocycles. The van der Waals surface area contributed by atoms with Crippen molar-refractivity contribution < 1.29 is 13.9 Å². The Bertz CT molecular complexity index is 887. The molecule has 7 unspecified atom stereocenters. The lowest BCUT2D eigenvalue weighted by molar-refractivity contribution is -0.128. The molecule has 0 aromatic rings. The SMILES string of the molecule is CCCC1(C)/C=C\C(F)C=NC(C(C(=O)NC2CNCC(C3CC3)C2N2CCN(C3COC3)CC2)C(N)N)C1. The number of nitrogens with zero attached hydrogens (tertiary/aromatic N) is 3. The van der Waals surface area contributed by atoms with Crippen LogP contribution in [0.4, 0.5) is 4.39 Å². The molecule has 1 saturated carbocycles. The number of halogens is 1. The second-order valence-corrected chi connectivity index (χ2v) is 12.9. The lowest BCUT2D eigenvalue weighted by atomic mass is 9.75. The van der Waals surface area contributed by atoms with Crippen LogP contribution in [0.15, 0.2) is 17.1 Å². The molecule has 4 fully saturated rings. The lowest BCUT2D eigenvalue weighted by Gasteiger charge is -2.50. The molecular formula is C29H50FN7O2. The Morgan fingerprint density at radius 2 is 1.92 bits per heavy atom. The van der Waals surface area contributed by atoms with Crippen molar-refractivity contribution in [3.63, 3.8) is 0 Å². The second-order valence-electron chi connectivity index (χ2n) is 12.9. The minimum Gasteiger partial charge on any atom is -0.378 e. The van der Waals surface area contributed by atoms with Gasteiger partial charge in [0.2, 0.25) is 5.91 Å². The van der Waals surface area contributed by atoms with E-state index in [2.05, 4.69) is 39.3 Å².